The van der Waals surface area contributed by atoms with Gasteiger partial charge in [-0.1, -0.05) is 176 Å². The first-order chi connectivity index (χ1) is 31.2. The van der Waals surface area contributed by atoms with Crippen LogP contribution in [0, 0.1) is 0 Å². The fourth-order valence-corrected chi connectivity index (χ4v) is 11.1. The fourth-order valence-electron chi connectivity index (χ4n) is 9.95. The maximum Gasteiger partial charge on any atom is 0.164 e. The van der Waals surface area contributed by atoms with Crippen molar-refractivity contribution in [2.75, 3.05) is 0 Å². The molecular weight excluding hydrogens is 787 g/mol. The highest BCUT2D eigenvalue weighted by Crippen LogP contribution is 2.63. The largest absolute Gasteiger partial charge is 0.456 e. The Labute approximate surface area is 368 Å². The predicted molar refractivity (Wildman–Crippen MR) is 256 cm³/mol. The van der Waals surface area contributed by atoms with Crippen LogP contribution in [0.5, 0.6) is 0 Å². The Morgan fingerprint density at radius 2 is 0.810 bits per heavy atom. The van der Waals surface area contributed by atoms with Crippen molar-refractivity contribution in [2.24, 2.45) is 0 Å². The molecule has 63 heavy (non-hydrogen) atoms. The summed E-state index contributed by atoms with van der Waals surface area (Å²) in [6.45, 7) is 0. The van der Waals surface area contributed by atoms with E-state index in [1.807, 2.05) is 78.5 Å². The van der Waals surface area contributed by atoms with Crippen LogP contribution in [0.2, 0.25) is 0 Å². The van der Waals surface area contributed by atoms with Crippen LogP contribution in [0.15, 0.2) is 227 Å². The molecule has 9 aromatic carbocycles. The molecule has 0 saturated heterocycles. The molecule has 294 valence electrons. The summed E-state index contributed by atoms with van der Waals surface area (Å²) in [7, 11) is 0. The zero-order chi connectivity index (χ0) is 41.5. The Morgan fingerprint density at radius 1 is 0.317 bits per heavy atom. The monoisotopic (exact) mass is 821 g/mol. The molecule has 11 aromatic rings. The number of hydrogen-bond donors (Lipinski definition) is 0. The number of furan rings is 1. The highest BCUT2D eigenvalue weighted by atomic mass is 32.2. The van der Waals surface area contributed by atoms with Crippen LogP contribution >= 0.6 is 11.8 Å². The van der Waals surface area contributed by atoms with E-state index in [2.05, 4.69) is 146 Å². The van der Waals surface area contributed by atoms with E-state index in [0.29, 0.717) is 17.5 Å². The summed E-state index contributed by atoms with van der Waals surface area (Å²) in [6.07, 6.45) is 0. The van der Waals surface area contributed by atoms with Gasteiger partial charge in [-0.2, -0.15) is 0 Å². The van der Waals surface area contributed by atoms with E-state index in [9.17, 15) is 0 Å². The number of para-hydroxylation sites is 1. The van der Waals surface area contributed by atoms with Crippen LogP contribution in [0.4, 0.5) is 0 Å². The molecule has 0 fully saturated rings. The molecule has 1 aliphatic heterocycles. The SMILES string of the molecule is c1ccc(-c2nc(-c3ccccc3)nc(-c3cccc(-c4cccc(-c5ccc6c(c5)C5(c7ccccc7Sc7ccccc75)c5cc7oc8ccccc8c7cc5-6)c4)c3)n2)cc1. The minimum absolute atomic E-state index is 0.542. The van der Waals surface area contributed by atoms with E-state index >= 15 is 0 Å². The van der Waals surface area contributed by atoms with Gasteiger partial charge in [0.15, 0.2) is 17.5 Å². The summed E-state index contributed by atoms with van der Waals surface area (Å²) in [5, 5.41) is 2.28. The zero-order valence-corrected chi connectivity index (χ0v) is 34.7. The van der Waals surface area contributed by atoms with Gasteiger partial charge in [0.25, 0.3) is 0 Å². The molecule has 3 heterocycles. The quantitative estimate of drug-likeness (QED) is 0.173. The number of nitrogens with zero attached hydrogens (tertiary/aromatic N) is 3. The van der Waals surface area contributed by atoms with E-state index in [1.54, 1.807) is 0 Å². The highest BCUT2D eigenvalue weighted by molar-refractivity contribution is 7.99. The Kier molecular flexibility index (Phi) is 8.02. The summed E-state index contributed by atoms with van der Waals surface area (Å²) in [5.41, 5.74) is 16.3. The molecule has 2 aliphatic rings. The lowest BCUT2D eigenvalue weighted by atomic mass is 9.67. The van der Waals surface area contributed by atoms with Crippen LogP contribution in [0.1, 0.15) is 22.3 Å². The Morgan fingerprint density at radius 3 is 1.46 bits per heavy atom. The number of benzene rings is 9. The summed E-state index contributed by atoms with van der Waals surface area (Å²) in [5.74, 6) is 1.93. The van der Waals surface area contributed by atoms with Crippen molar-refractivity contribution in [1.29, 1.82) is 0 Å². The molecule has 1 aliphatic carbocycles. The van der Waals surface area contributed by atoms with Gasteiger partial charge in [0, 0.05) is 37.3 Å². The number of aromatic nitrogens is 3. The fraction of sp³-hybridized carbons (Fsp3) is 0.0172. The molecule has 5 heteroatoms. The summed E-state index contributed by atoms with van der Waals surface area (Å²) < 4.78 is 6.61. The average molecular weight is 822 g/mol. The summed E-state index contributed by atoms with van der Waals surface area (Å²) in [6, 6.07) is 75.8. The number of fused-ring (bicyclic) bond motifs is 12. The van der Waals surface area contributed by atoms with Crippen molar-refractivity contribution in [1.82, 2.24) is 15.0 Å². The maximum atomic E-state index is 6.61. The number of hydrogen-bond acceptors (Lipinski definition) is 5. The Bertz CT molecular complexity index is 3510. The lowest BCUT2D eigenvalue weighted by molar-refractivity contribution is 0.664. The average Bonchev–Trinajstić information content (AvgIpc) is 3.86. The van der Waals surface area contributed by atoms with Crippen LogP contribution in [-0.4, -0.2) is 15.0 Å². The third kappa shape index (κ3) is 5.60. The van der Waals surface area contributed by atoms with E-state index in [4.69, 9.17) is 19.4 Å². The second kappa shape index (κ2) is 14.1. The predicted octanol–water partition coefficient (Wildman–Crippen LogP) is 14.9. The van der Waals surface area contributed by atoms with Crippen molar-refractivity contribution in [3.05, 3.63) is 235 Å². The van der Waals surface area contributed by atoms with Crippen molar-refractivity contribution >= 4 is 33.7 Å². The smallest absolute Gasteiger partial charge is 0.164 e. The molecule has 4 nitrogen and oxygen atoms in total. The molecule has 0 N–H and O–H groups in total. The third-order valence-corrected chi connectivity index (χ3v) is 13.9. The van der Waals surface area contributed by atoms with Gasteiger partial charge in [0.2, 0.25) is 0 Å². The van der Waals surface area contributed by atoms with E-state index in [-0.39, 0.29) is 0 Å². The first kappa shape index (κ1) is 35.9. The molecule has 1 spiro atoms. The first-order valence-electron chi connectivity index (χ1n) is 21.2. The minimum Gasteiger partial charge on any atom is -0.456 e. The van der Waals surface area contributed by atoms with Crippen LogP contribution in [0.25, 0.3) is 89.5 Å². The molecule has 0 radical (unpaired) electrons. The van der Waals surface area contributed by atoms with Gasteiger partial charge in [0.1, 0.15) is 11.2 Å². The van der Waals surface area contributed by atoms with Crippen molar-refractivity contribution in [3.8, 4) is 67.5 Å². The van der Waals surface area contributed by atoms with Gasteiger partial charge >= 0.3 is 0 Å². The van der Waals surface area contributed by atoms with Crippen LogP contribution < -0.4 is 0 Å². The van der Waals surface area contributed by atoms with Gasteiger partial charge in [0.05, 0.1) is 5.41 Å². The van der Waals surface area contributed by atoms with E-state index in [0.717, 1.165) is 55.3 Å². The summed E-state index contributed by atoms with van der Waals surface area (Å²) >= 11 is 1.86. The van der Waals surface area contributed by atoms with Gasteiger partial charge in [-0.05, 0) is 104 Å². The third-order valence-electron chi connectivity index (χ3n) is 12.8. The lowest BCUT2D eigenvalue weighted by Crippen LogP contribution is -2.32. The van der Waals surface area contributed by atoms with Crippen LogP contribution in [-0.2, 0) is 5.41 Å². The van der Waals surface area contributed by atoms with Gasteiger partial charge in [-0.25, -0.2) is 15.0 Å². The van der Waals surface area contributed by atoms with Gasteiger partial charge in [-0.15, -0.1) is 0 Å². The number of rotatable bonds is 5. The normalized spacial score (nSPS) is 13.1. The topological polar surface area (TPSA) is 51.8 Å². The molecule has 2 aromatic heterocycles. The Balaban J connectivity index is 0.963. The van der Waals surface area contributed by atoms with Crippen molar-refractivity contribution < 1.29 is 4.42 Å². The first-order valence-corrected chi connectivity index (χ1v) is 22.1. The standard InChI is InChI=1S/C58H35N3OS/c1-3-15-36(16-4-1)55-59-56(37-17-5-2-6-18-37)61-57(60-55)42-22-14-21-40(32-42)38-19-13-20-39(31-38)41-29-30-43-45-34-46-44-23-7-10-26-51(44)62-52(46)35-50(45)58(49(43)33-41)47-24-8-11-27-53(47)63-54-28-12-9-25-48(54)58/h1-35H. The molecule has 0 amide bonds. The lowest BCUT2D eigenvalue weighted by Gasteiger charge is -2.39. The summed E-state index contributed by atoms with van der Waals surface area (Å²) in [4.78, 5) is 17.5. The van der Waals surface area contributed by atoms with E-state index < -0.39 is 5.41 Å². The molecule has 13 rings (SSSR count). The molecular formula is C58H35N3OS. The minimum atomic E-state index is -0.542. The van der Waals surface area contributed by atoms with Crippen molar-refractivity contribution in [3.63, 3.8) is 0 Å². The second-order valence-corrected chi connectivity index (χ2v) is 17.4. The molecule has 0 atom stereocenters. The second-order valence-electron chi connectivity index (χ2n) is 16.3. The molecule has 0 saturated carbocycles. The molecule has 0 bridgehead atoms. The van der Waals surface area contributed by atoms with Gasteiger partial charge < -0.3 is 4.42 Å². The van der Waals surface area contributed by atoms with Crippen molar-refractivity contribution in [2.45, 2.75) is 15.2 Å². The van der Waals surface area contributed by atoms with E-state index in [1.165, 1.54) is 48.7 Å². The maximum absolute atomic E-state index is 6.61. The molecule has 0 unspecified atom stereocenters. The van der Waals surface area contributed by atoms with Gasteiger partial charge in [-0.3, -0.25) is 0 Å². The Hall–Kier alpha value is -7.86. The van der Waals surface area contributed by atoms with Crippen LogP contribution in [0.3, 0.4) is 0 Å². The zero-order valence-electron chi connectivity index (χ0n) is 33.9. The highest BCUT2D eigenvalue weighted by Gasteiger charge is 2.50.